The van der Waals surface area contributed by atoms with Crippen LogP contribution in [0.2, 0.25) is 0 Å². The Morgan fingerprint density at radius 1 is 1.18 bits per heavy atom. The molecule has 0 amide bonds. The molecule has 124 valence electrons. The van der Waals surface area contributed by atoms with E-state index in [0.717, 1.165) is 25.0 Å². The van der Waals surface area contributed by atoms with Gasteiger partial charge in [-0.1, -0.05) is 0 Å². The Kier molecular flexibility index (Phi) is 5.10. The highest BCUT2D eigenvalue weighted by Gasteiger charge is 2.30. The zero-order valence-electron chi connectivity index (χ0n) is 14.3. The van der Waals surface area contributed by atoms with E-state index in [2.05, 4.69) is 51.0 Å². The average molecular weight is 306 g/mol. The number of piperidine rings is 2. The summed E-state index contributed by atoms with van der Waals surface area (Å²) in [5.74, 6) is 2.78. The second-order valence-electron chi connectivity index (χ2n) is 7.09. The molecule has 3 heterocycles. The van der Waals surface area contributed by atoms with Crippen molar-refractivity contribution >= 4 is 0 Å². The van der Waals surface area contributed by atoms with E-state index in [1.54, 1.807) is 0 Å². The molecule has 1 atom stereocenters. The SMILES string of the molecule is CN(C)Cc1nnc([C@@H]2CCCN(C3CCNCC3)C2)n1C. The molecule has 1 aromatic heterocycles. The van der Waals surface area contributed by atoms with Crippen molar-refractivity contribution in [3.8, 4) is 0 Å². The summed E-state index contributed by atoms with van der Waals surface area (Å²) in [6.45, 7) is 5.60. The first-order valence-electron chi connectivity index (χ1n) is 8.63. The Bertz CT molecular complexity index is 477. The molecule has 1 aromatic rings. The van der Waals surface area contributed by atoms with E-state index in [9.17, 15) is 0 Å². The third kappa shape index (κ3) is 3.50. The van der Waals surface area contributed by atoms with Crippen molar-refractivity contribution in [3.05, 3.63) is 11.6 Å². The van der Waals surface area contributed by atoms with E-state index in [4.69, 9.17) is 0 Å². The van der Waals surface area contributed by atoms with Gasteiger partial charge in [-0.05, 0) is 59.4 Å². The molecule has 0 spiro atoms. The second kappa shape index (κ2) is 7.06. The molecule has 0 bridgehead atoms. The van der Waals surface area contributed by atoms with Crippen LogP contribution < -0.4 is 5.32 Å². The summed E-state index contributed by atoms with van der Waals surface area (Å²) in [5.41, 5.74) is 0. The average Bonchev–Trinajstić information content (AvgIpc) is 2.89. The number of rotatable bonds is 4. The van der Waals surface area contributed by atoms with E-state index < -0.39 is 0 Å². The summed E-state index contributed by atoms with van der Waals surface area (Å²) in [5, 5.41) is 12.4. The maximum absolute atomic E-state index is 4.52. The number of hydrogen-bond donors (Lipinski definition) is 1. The molecule has 0 saturated carbocycles. The topological polar surface area (TPSA) is 49.2 Å². The minimum Gasteiger partial charge on any atom is -0.317 e. The molecule has 2 aliphatic heterocycles. The molecule has 3 rings (SSSR count). The Hall–Kier alpha value is -0.980. The molecule has 0 aliphatic carbocycles. The summed E-state index contributed by atoms with van der Waals surface area (Å²) in [6, 6.07) is 0.763. The zero-order chi connectivity index (χ0) is 15.5. The molecule has 2 aliphatic rings. The molecular weight excluding hydrogens is 276 g/mol. The largest absolute Gasteiger partial charge is 0.317 e. The molecule has 6 heteroatoms. The first kappa shape index (κ1) is 15.9. The van der Waals surface area contributed by atoms with Gasteiger partial charge >= 0.3 is 0 Å². The first-order valence-corrected chi connectivity index (χ1v) is 8.63. The van der Waals surface area contributed by atoms with Crippen molar-refractivity contribution in [2.75, 3.05) is 40.3 Å². The number of likely N-dealkylation sites (tertiary alicyclic amines) is 1. The summed E-state index contributed by atoms with van der Waals surface area (Å²) >= 11 is 0. The lowest BCUT2D eigenvalue weighted by atomic mass is 9.93. The molecule has 2 saturated heterocycles. The van der Waals surface area contributed by atoms with Crippen LogP contribution in [0.15, 0.2) is 0 Å². The van der Waals surface area contributed by atoms with E-state index in [1.807, 2.05) is 0 Å². The van der Waals surface area contributed by atoms with Gasteiger partial charge in [-0.25, -0.2) is 0 Å². The van der Waals surface area contributed by atoms with Crippen LogP contribution >= 0.6 is 0 Å². The maximum Gasteiger partial charge on any atom is 0.146 e. The second-order valence-corrected chi connectivity index (χ2v) is 7.09. The van der Waals surface area contributed by atoms with E-state index >= 15 is 0 Å². The summed E-state index contributed by atoms with van der Waals surface area (Å²) < 4.78 is 2.22. The van der Waals surface area contributed by atoms with Gasteiger partial charge in [0.15, 0.2) is 0 Å². The Morgan fingerprint density at radius 2 is 1.95 bits per heavy atom. The quantitative estimate of drug-likeness (QED) is 0.892. The highest BCUT2D eigenvalue weighted by atomic mass is 15.3. The fourth-order valence-electron chi connectivity index (χ4n) is 3.87. The number of aromatic nitrogens is 3. The predicted molar refractivity (Wildman–Crippen MR) is 87.8 cm³/mol. The van der Waals surface area contributed by atoms with E-state index in [0.29, 0.717) is 5.92 Å². The lowest BCUT2D eigenvalue weighted by Crippen LogP contribution is -2.47. The van der Waals surface area contributed by atoms with Crippen LogP contribution in [0.25, 0.3) is 0 Å². The molecular formula is C16H30N6. The van der Waals surface area contributed by atoms with E-state index in [-0.39, 0.29) is 0 Å². The molecule has 2 fully saturated rings. The van der Waals surface area contributed by atoms with Crippen molar-refractivity contribution in [1.29, 1.82) is 0 Å². The lowest BCUT2D eigenvalue weighted by Gasteiger charge is -2.39. The smallest absolute Gasteiger partial charge is 0.146 e. The molecule has 0 aromatic carbocycles. The highest BCUT2D eigenvalue weighted by Crippen LogP contribution is 2.28. The van der Waals surface area contributed by atoms with Crippen molar-refractivity contribution in [2.45, 2.75) is 44.2 Å². The third-order valence-electron chi connectivity index (χ3n) is 5.10. The van der Waals surface area contributed by atoms with Crippen LogP contribution in [0, 0.1) is 0 Å². The van der Waals surface area contributed by atoms with Gasteiger partial charge in [-0.2, -0.15) is 0 Å². The number of nitrogens with zero attached hydrogens (tertiary/aromatic N) is 5. The molecule has 0 radical (unpaired) electrons. The van der Waals surface area contributed by atoms with Gasteiger partial charge in [0.1, 0.15) is 11.6 Å². The van der Waals surface area contributed by atoms with Gasteiger partial charge in [-0.15, -0.1) is 10.2 Å². The van der Waals surface area contributed by atoms with Crippen LogP contribution in [0.1, 0.15) is 43.3 Å². The van der Waals surface area contributed by atoms with Crippen LogP contribution in [-0.2, 0) is 13.6 Å². The Labute approximate surface area is 133 Å². The summed E-state index contributed by atoms with van der Waals surface area (Å²) in [6.07, 6.45) is 5.11. The number of nitrogens with one attached hydrogen (secondary N) is 1. The monoisotopic (exact) mass is 306 g/mol. The predicted octanol–water partition coefficient (Wildman–Crippen LogP) is 0.808. The molecule has 1 N–H and O–H groups in total. The van der Waals surface area contributed by atoms with Crippen molar-refractivity contribution in [2.24, 2.45) is 7.05 Å². The normalized spacial score (nSPS) is 25.0. The lowest BCUT2D eigenvalue weighted by molar-refractivity contribution is 0.120. The van der Waals surface area contributed by atoms with Gasteiger partial charge in [-0.3, -0.25) is 4.90 Å². The van der Waals surface area contributed by atoms with Gasteiger partial charge in [0.2, 0.25) is 0 Å². The maximum atomic E-state index is 4.52. The molecule has 22 heavy (non-hydrogen) atoms. The Morgan fingerprint density at radius 3 is 2.68 bits per heavy atom. The number of hydrogen-bond acceptors (Lipinski definition) is 5. The summed E-state index contributed by atoms with van der Waals surface area (Å²) in [7, 11) is 6.28. The van der Waals surface area contributed by atoms with Gasteiger partial charge in [0.05, 0.1) is 6.54 Å². The van der Waals surface area contributed by atoms with Crippen molar-refractivity contribution in [3.63, 3.8) is 0 Å². The van der Waals surface area contributed by atoms with Crippen molar-refractivity contribution in [1.82, 2.24) is 29.9 Å². The highest BCUT2D eigenvalue weighted by molar-refractivity contribution is 5.04. The molecule has 0 unspecified atom stereocenters. The zero-order valence-corrected chi connectivity index (χ0v) is 14.3. The van der Waals surface area contributed by atoms with Crippen LogP contribution in [0.5, 0.6) is 0 Å². The fourth-order valence-corrected chi connectivity index (χ4v) is 3.87. The third-order valence-corrected chi connectivity index (χ3v) is 5.10. The minimum atomic E-state index is 0.539. The van der Waals surface area contributed by atoms with Gasteiger partial charge in [0.25, 0.3) is 0 Å². The van der Waals surface area contributed by atoms with Gasteiger partial charge < -0.3 is 14.8 Å². The Balaban J connectivity index is 1.67. The summed E-state index contributed by atoms with van der Waals surface area (Å²) in [4.78, 5) is 4.85. The molecule has 6 nitrogen and oxygen atoms in total. The van der Waals surface area contributed by atoms with Crippen LogP contribution in [0.4, 0.5) is 0 Å². The minimum absolute atomic E-state index is 0.539. The van der Waals surface area contributed by atoms with Crippen molar-refractivity contribution < 1.29 is 0 Å². The standard InChI is InChI=1S/C16H30N6/c1-20(2)12-15-18-19-16(21(15)3)13-5-4-10-22(11-13)14-6-8-17-9-7-14/h13-14,17H,4-12H2,1-3H3/t13-/m1/s1. The fraction of sp³-hybridized carbons (Fsp3) is 0.875. The van der Waals surface area contributed by atoms with Crippen LogP contribution in [0.3, 0.4) is 0 Å². The first-order chi connectivity index (χ1) is 10.6. The van der Waals surface area contributed by atoms with E-state index in [1.165, 1.54) is 51.1 Å². The van der Waals surface area contributed by atoms with Crippen LogP contribution in [-0.4, -0.2) is 70.9 Å². The van der Waals surface area contributed by atoms with Gasteiger partial charge in [0, 0.05) is 25.6 Å².